The maximum Gasteiger partial charge on any atom is 0.0118 e. The Labute approximate surface area is 82.8 Å². The molecule has 0 radical (unpaired) electrons. The lowest BCUT2D eigenvalue weighted by molar-refractivity contribution is 0.330. The van der Waals surface area contributed by atoms with E-state index < -0.39 is 0 Å². The number of rotatable bonds is 3. The van der Waals surface area contributed by atoms with Gasteiger partial charge in [-0.2, -0.15) is 0 Å². The molecule has 0 N–H and O–H groups in total. The molecule has 0 amide bonds. The molecule has 0 spiro atoms. The van der Waals surface area contributed by atoms with Crippen LogP contribution >= 0.6 is 0 Å². The topological polar surface area (TPSA) is 3.24 Å². The van der Waals surface area contributed by atoms with Gasteiger partial charge < -0.3 is 4.90 Å². The fourth-order valence-electron chi connectivity index (χ4n) is 2.32. The van der Waals surface area contributed by atoms with E-state index in [0.717, 1.165) is 5.92 Å². The largest absolute Gasteiger partial charge is 0.381 e. The average Bonchev–Trinajstić information content (AvgIpc) is 2.15. The summed E-state index contributed by atoms with van der Waals surface area (Å²) < 4.78 is 0. The summed E-state index contributed by atoms with van der Waals surface area (Å²) in [6.07, 6.45) is 10.7. The standard InChI is InChI=1S/C12H23N/c1-4-8-12(13(2)3)11-9-6-5-7-10-11/h8,11H,4-7,9-10H2,1-3H3/b12-8+. The van der Waals surface area contributed by atoms with Gasteiger partial charge in [0.15, 0.2) is 0 Å². The van der Waals surface area contributed by atoms with Gasteiger partial charge in [0, 0.05) is 19.8 Å². The van der Waals surface area contributed by atoms with Crippen LogP contribution in [-0.4, -0.2) is 19.0 Å². The van der Waals surface area contributed by atoms with E-state index in [2.05, 4.69) is 32.0 Å². The lowest BCUT2D eigenvalue weighted by Crippen LogP contribution is -2.21. The number of hydrogen-bond donors (Lipinski definition) is 0. The predicted octanol–water partition coefficient (Wildman–Crippen LogP) is 3.42. The summed E-state index contributed by atoms with van der Waals surface area (Å²) >= 11 is 0. The third-order valence-electron chi connectivity index (χ3n) is 2.95. The minimum Gasteiger partial charge on any atom is -0.381 e. The summed E-state index contributed by atoms with van der Waals surface area (Å²) in [6, 6.07) is 0. The zero-order chi connectivity index (χ0) is 9.68. The van der Waals surface area contributed by atoms with Crippen molar-refractivity contribution in [2.45, 2.75) is 45.4 Å². The van der Waals surface area contributed by atoms with Crippen LogP contribution in [0.1, 0.15) is 45.4 Å². The molecule has 0 aliphatic heterocycles. The molecular formula is C12H23N. The van der Waals surface area contributed by atoms with Crippen LogP contribution in [-0.2, 0) is 0 Å². The highest BCUT2D eigenvalue weighted by atomic mass is 15.1. The highest BCUT2D eigenvalue weighted by Crippen LogP contribution is 2.30. The summed E-state index contributed by atoms with van der Waals surface area (Å²) in [6.45, 7) is 2.23. The Morgan fingerprint density at radius 3 is 2.31 bits per heavy atom. The van der Waals surface area contributed by atoms with Crippen molar-refractivity contribution in [1.82, 2.24) is 4.90 Å². The molecule has 1 saturated carbocycles. The summed E-state index contributed by atoms with van der Waals surface area (Å²) in [5.41, 5.74) is 1.57. The minimum absolute atomic E-state index is 0.851. The Kier molecular flexibility index (Phi) is 4.34. The van der Waals surface area contributed by atoms with Crippen molar-refractivity contribution < 1.29 is 0 Å². The van der Waals surface area contributed by atoms with Gasteiger partial charge >= 0.3 is 0 Å². The summed E-state index contributed by atoms with van der Waals surface area (Å²) in [4.78, 5) is 2.31. The normalized spacial score (nSPS) is 20.4. The van der Waals surface area contributed by atoms with Crippen molar-refractivity contribution in [3.05, 3.63) is 11.8 Å². The maximum atomic E-state index is 2.40. The SMILES string of the molecule is CC/C=C(\C1CCCCC1)N(C)C. The molecule has 0 bridgehead atoms. The summed E-state index contributed by atoms with van der Waals surface area (Å²) in [5.74, 6) is 0.851. The molecule has 1 aliphatic carbocycles. The highest BCUT2D eigenvalue weighted by Gasteiger charge is 2.18. The van der Waals surface area contributed by atoms with Crippen molar-refractivity contribution in [2.24, 2.45) is 5.92 Å². The van der Waals surface area contributed by atoms with Gasteiger partial charge in [-0.1, -0.05) is 32.3 Å². The van der Waals surface area contributed by atoms with E-state index in [-0.39, 0.29) is 0 Å². The minimum atomic E-state index is 0.851. The maximum absolute atomic E-state index is 2.40. The zero-order valence-corrected chi connectivity index (χ0v) is 9.34. The van der Waals surface area contributed by atoms with Crippen molar-refractivity contribution >= 4 is 0 Å². The second kappa shape index (κ2) is 5.31. The van der Waals surface area contributed by atoms with Crippen LogP contribution in [0.2, 0.25) is 0 Å². The lowest BCUT2D eigenvalue weighted by atomic mass is 9.86. The Balaban J connectivity index is 2.57. The Bertz CT molecular complexity index is 164. The molecule has 1 aliphatic rings. The van der Waals surface area contributed by atoms with Gasteiger partial charge in [0.2, 0.25) is 0 Å². The Hall–Kier alpha value is -0.460. The third kappa shape index (κ3) is 3.06. The molecule has 1 nitrogen and oxygen atoms in total. The Morgan fingerprint density at radius 2 is 1.85 bits per heavy atom. The molecule has 1 heteroatoms. The second-order valence-corrected chi connectivity index (χ2v) is 4.27. The molecule has 0 atom stereocenters. The first-order valence-corrected chi connectivity index (χ1v) is 5.63. The van der Waals surface area contributed by atoms with Crippen molar-refractivity contribution in [1.29, 1.82) is 0 Å². The predicted molar refractivity (Wildman–Crippen MR) is 58.6 cm³/mol. The molecule has 0 unspecified atom stereocenters. The molecule has 0 aromatic heterocycles. The Morgan fingerprint density at radius 1 is 1.23 bits per heavy atom. The van der Waals surface area contributed by atoms with Crippen LogP contribution in [0.25, 0.3) is 0 Å². The van der Waals surface area contributed by atoms with Gasteiger partial charge in [0.1, 0.15) is 0 Å². The first kappa shape index (κ1) is 10.6. The van der Waals surface area contributed by atoms with E-state index >= 15 is 0 Å². The van der Waals surface area contributed by atoms with Gasteiger partial charge in [-0.25, -0.2) is 0 Å². The number of allylic oxidation sites excluding steroid dienone is 2. The summed E-state index contributed by atoms with van der Waals surface area (Å²) in [7, 11) is 4.35. The van der Waals surface area contributed by atoms with Crippen molar-refractivity contribution in [2.75, 3.05) is 14.1 Å². The van der Waals surface area contributed by atoms with E-state index in [1.54, 1.807) is 5.70 Å². The van der Waals surface area contributed by atoms with E-state index in [1.165, 1.54) is 38.5 Å². The molecule has 13 heavy (non-hydrogen) atoms. The van der Waals surface area contributed by atoms with Crippen molar-refractivity contribution in [3.8, 4) is 0 Å². The van der Waals surface area contributed by atoms with E-state index in [9.17, 15) is 0 Å². The molecular weight excluding hydrogens is 158 g/mol. The molecule has 0 aromatic carbocycles. The number of nitrogens with zero attached hydrogens (tertiary/aromatic N) is 1. The molecule has 0 heterocycles. The monoisotopic (exact) mass is 181 g/mol. The fourth-order valence-corrected chi connectivity index (χ4v) is 2.32. The summed E-state index contributed by atoms with van der Waals surface area (Å²) in [5, 5.41) is 0. The smallest absolute Gasteiger partial charge is 0.0118 e. The van der Waals surface area contributed by atoms with Crippen LogP contribution in [0, 0.1) is 5.92 Å². The molecule has 0 aromatic rings. The number of hydrogen-bond acceptors (Lipinski definition) is 1. The zero-order valence-electron chi connectivity index (χ0n) is 9.34. The third-order valence-corrected chi connectivity index (χ3v) is 2.95. The molecule has 1 fully saturated rings. The van der Waals surface area contributed by atoms with Gasteiger partial charge in [-0.15, -0.1) is 0 Å². The van der Waals surface area contributed by atoms with Crippen LogP contribution in [0.15, 0.2) is 11.8 Å². The van der Waals surface area contributed by atoms with Gasteiger partial charge in [0.05, 0.1) is 0 Å². The van der Waals surface area contributed by atoms with E-state index in [0.29, 0.717) is 0 Å². The molecule has 76 valence electrons. The van der Waals surface area contributed by atoms with E-state index in [4.69, 9.17) is 0 Å². The van der Waals surface area contributed by atoms with Crippen LogP contribution in [0.5, 0.6) is 0 Å². The fraction of sp³-hybridized carbons (Fsp3) is 0.833. The average molecular weight is 181 g/mol. The van der Waals surface area contributed by atoms with Crippen molar-refractivity contribution in [3.63, 3.8) is 0 Å². The van der Waals surface area contributed by atoms with Gasteiger partial charge in [-0.05, 0) is 25.2 Å². The van der Waals surface area contributed by atoms with Crippen LogP contribution < -0.4 is 0 Å². The van der Waals surface area contributed by atoms with Crippen LogP contribution in [0.3, 0.4) is 0 Å². The first-order valence-electron chi connectivity index (χ1n) is 5.63. The van der Waals surface area contributed by atoms with Gasteiger partial charge in [0.25, 0.3) is 0 Å². The second-order valence-electron chi connectivity index (χ2n) is 4.27. The molecule has 0 saturated heterocycles. The molecule has 1 rings (SSSR count). The quantitative estimate of drug-likeness (QED) is 0.645. The van der Waals surface area contributed by atoms with Crippen LogP contribution in [0.4, 0.5) is 0 Å². The van der Waals surface area contributed by atoms with E-state index in [1.807, 2.05) is 0 Å². The first-order chi connectivity index (χ1) is 6.25. The highest BCUT2D eigenvalue weighted by molar-refractivity contribution is 5.05. The van der Waals surface area contributed by atoms with Gasteiger partial charge in [-0.3, -0.25) is 0 Å². The lowest BCUT2D eigenvalue weighted by Gasteiger charge is -2.29.